The Kier molecular flexibility index (Phi) is 4.49. The van der Waals surface area contributed by atoms with Crippen LogP contribution < -0.4 is 10.2 Å². The van der Waals surface area contributed by atoms with Crippen molar-refractivity contribution in [1.29, 1.82) is 0 Å². The molecular formula is C12H13ClN6O2. The number of nitrogens with zero attached hydrogens (tertiary/aromatic N) is 5. The third-order valence-corrected chi connectivity index (χ3v) is 2.79. The smallest absolute Gasteiger partial charge is 0.274 e. The lowest BCUT2D eigenvalue weighted by atomic mass is 10.2. The standard InChI is InChI=1S/C12H13ClN6O2/c1-18(2)12-16-10(13)15-11(17-12)14-7-8-5-3-4-6-9(8)19(20)21/h3-6H,7H2,1-2H3,(H,14,15,16,17). The summed E-state index contributed by atoms with van der Waals surface area (Å²) in [5.74, 6) is 0.664. The predicted molar refractivity (Wildman–Crippen MR) is 79.6 cm³/mol. The summed E-state index contributed by atoms with van der Waals surface area (Å²) < 4.78 is 0. The highest BCUT2D eigenvalue weighted by atomic mass is 35.5. The number of nitro benzene ring substituents is 1. The topological polar surface area (TPSA) is 97.1 Å². The third kappa shape index (κ3) is 3.76. The average molecular weight is 309 g/mol. The van der Waals surface area contributed by atoms with Gasteiger partial charge in [-0.2, -0.15) is 15.0 Å². The van der Waals surface area contributed by atoms with Gasteiger partial charge in [0.25, 0.3) is 5.69 Å². The summed E-state index contributed by atoms with van der Waals surface area (Å²) >= 11 is 5.82. The molecule has 2 aromatic rings. The van der Waals surface area contributed by atoms with E-state index in [4.69, 9.17) is 11.6 Å². The molecule has 0 atom stereocenters. The first-order valence-electron chi connectivity index (χ1n) is 6.02. The van der Waals surface area contributed by atoms with Crippen molar-refractivity contribution in [2.45, 2.75) is 6.54 Å². The number of para-hydroxylation sites is 1. The Morgan fingerprint density at radius 1 is 1.29 bits per heavy atom. The highest BCUT2D eigenvalue weighted by molar-refractivity contribution is 6.28. The number of rotatable bonds is 5. The van der Waals surface area contributed by atoms with Crippen molar-refractivity contribution in [2.24, 2.45) is 0 Å². The molecule has 0 aliphatic rings. The second-order valence-electron chi connectivity index (χ2n) is 4.36. The molecule has 0 saturated carbocycles. The minimum atomic E-state index is -0.428. The Hall–Kier alpha value is -2.48. The first-order chi connectivity index (χ1) is 9.97. The summed E-state index contributed by atoms with van der Waals surface area (Å²) in [6.07, 6.45) is 0. The molecule has 0 aliphatic carbocycles. The van der Waals surface area contributed by atoms with E-state index in [0.717, 1.165) is 0 Å². The lowest BCUT2D eigenvalue weighted by Gasteiger charge is -2.11. The van der Waals surface area contributed by atoms with Crippen molar-refractivity contribution in [1.82, 2.24) is 15.0 Å². The Balaban J connectivity index is 2.19. The monoisotopic (exact) mass is 308 g/mol. The van der Waals surface area contributed by atoms with Gasteiger partial charge in [0, 0.05) is 32.3 Å². The lowest BCUT2D eigenvalue weighted by molar-refractivity contribution is -0.385. The van der Waals surface area contributed by atoms with Crippen LogP contribution in [0.3, 0.4) is 0 Å². The molecule has 1 aromatic heterocycles. The summed E-state index contributed by atoms with van der Waals surface area (Å²) in [7, 11) is 3.55. The van der Waals surface area contributed by atoms with Crippen molar-refractivity contribution in [3.05, 3.63) is 45.2 Å². The summed E-state index contributed by atoms with van der Waals surface area (Å²) in [6, 6.07) is 6.46. The van der Waals surface area contributed by atoms with Gasteiger partial charge in [0.2, 0.25) is 17.2 Å². The van der Waals surface area contributed by atoms with Crippen LogP contribution in [0.4, 0.5) is 17.6 Å². The molecule has 0 fully saturated rings. The Morgan fingerprint density at radius 3 is 2.67 bits per heavy atom. The van der Waals surface area contributed by atoms with E-state index in [1.807, 2.05) is 0 Å². The van der Waals surface area contributed by atoms with E-state index in [1.165, 1.54) is 6.07 Å². The molecule has 8 nitrogen and oxygen atoms in total. The quantitative estimate of drug-likeness (QED) is 0.667. The highest BCUT2D eigenvalue weighted by Crippen LogP contribution is 2.19. The number of nitro groups is 1. The number of aromatic nitrogens is 3. The largest absolute Gasteiger partial charge is 0.350 e. The number of anilines is 2. The average Bonchev–Trinajstić information content (AvgIpc) is 2.44. The minimum Gasteiger partial charge on any atom is -0.350 e. The molecule has 0 radical (unpaired) electrons. The zero-order valence-electron chi connectivity index (χ0n) is 11.4. The van der Waals surface area contributed by atoms with E-state index in [1.54, 1.807) is 37.2 Å². The summed E-state index contributed by atoms with van der Waals surface area (Å²) in [5, 5.41) is 13.9. The van der Waals surface area contributed by atoms with Crippen LogP contribution in [0.25, 0.3) is 0 Å². The van der Waals surface area contributed by atoms with Crippen molar-refractivity contribution < 1.29 is 4.92 Å². The molecule has 1 N–H and O–H groups in total. The predicted octanol–water partition coefficient (Wildman–Crippen LogP) is 2.11. The lowest BCUT2D eigenvalue weighted by Crippen LogP contribution is -2.15. The fraction of sp³-hybridized carbons (Fsp3) is 0.250. The van der Waals surface area contributed by atoms with E-state index in [2.05, 4.69) is 20.3 Å². The number of hydrogen-bond acceptors (Lipinski definition) is 7. The minimum absolute atomic E-state index is 0.0398. The molecule has 0 saturated heterocycles. The van der Waals surface area contributed by atoms with Crippen LogP contribution in [0.2, 0.25) is 5.28 Å². The second kappa shape index (κ2) is 6.31. The van der Waals surface area contributed by atoms with Gasteiger partial charge in [-0.3, -0.25) is 10.1 Å². The molecule has 1 aromatic carbocycles. The Labute approximate surface area is 126 Å². The van der Waals surface area contributed by atoms with Crippen LogP contribution in [-0.4, -0.2) is 34.0 Å². The van der Waals surface area contributed by atoms with E-state index >= 15 is 0 Å². The van der Waals surface area contributed by atoms with Gasteiger partial charge in [0.15, 0.2) is 0 Å². The zero-order valence-corrected chi connectivity index (χ0v) is 12.2. The van der Waals surface area contributed by atoms with E-state index in [0.29, 0.717) is 11.5 Å². The number of halogens is 1. The molecule has 9 heteroatoms. The maximum absolute atomic E-state index is 10.9. The third-order valence-electron chi connectivity index (χ3n) is 2.62. The van der Waals surface area contributed by atoms with Crippen molar-refractivity contribution in [3.8, 4) is 0 Å². The zero-order chi connectivity index (χ0) is 15.4. The van der Waals surface area contributed by atoms with Crippen molar-refractivity contribution >= 4 is 29.2 Å². The maximum Gasteiger partial charge on any atom is 0.274 e. The van der Waals surface area contributed by atoms with Gasteiger partial charge in [-0.15, -0.1) is 0 Å². The molecule has 0 unspecified atom stereocenters. The first-order valence-corrected chi connectivity index (χ1v) is 6.40. The molecule has 0 spiro atoms. The van der Waals surface area contributed by atoms with Gasteiger partial charge in [-0.05, 0) is 11.6 Å². The van der Waals surface area contributed by atoms with Crippen molar-refractivity contribution in [2.75, 3.05) is 24.3 Å². The number of hydrogen-bond donors (Lipinski definition) is 1. The fourth-order valence-corrected chi connectivity index (χ4v) is 1.79. The molecule has 0 aliphatic heterocycles. The summed E-state index contributed by atoms with van der Waals surface area (Å²) in [5.41, 5.74) is 0.573. The van der Waals surface area contributed by atoms with Crippen LogP contribution in [0.15, 0.2) is 24.3 Å². The van der Waals surface area contributed by atoms with Gasteiger partial charge in [-0.25, -0.2) is 0 Å². The van der Waals surface area contributed by atoms with Crippen LogP contribution in [0.5, 0.6) is 0 Å². The van der Waals surface area contributed by atoms with E-state index < -0.39 is 4.92 Å². The fourth-order valence-electron chi connectivity index (χ4n) is 1.63. The number of nitrogens with one attached hydrogen (secondary N) is 1. The molecule has 1 heterocycles. The van der Waals surface area contributed by atoms with Gasteiger partial charge >= 0.3 is 0 Å². The first kappa shape index (κ1) is 14.9. The van der Waals surface area contributed by atoms with Crippen LogP contribution in [0.1, 0.15) is 5.56 Å². The van der Waals surface area contributed by atoms with E-state index in [-0.39, 0.29) is 23.5 Å². The van der Waals surface area contributed by atoms with Gasteiger partial charge in [0.1, 0.15) is 0 Å². The van der Waals surface area contributed by atoms with Gasteiger partial charge in [-0.1, -0.05) is 18.2 Å². The van der Waals surface area contributed by atoms with E-state index in [9.17, 15) is 10.1 Å². The molecule has 0 bridgehead atoms. The van der Waals surface area contributed by atoms with Crippen LogP contribution >= 0.6 is 11.6 Å². The molecule has 0 amide bonds. The molecule has 110 valence electrons. The summed E-state index contributed by atoms with van der Waals surface area (Å²) in [4.78, 5) is 24.3. The molecular weight excluding hydrogens is 296 g/mol. The van der Waals surface area contributed by atoms with Gasteiger partial charge < -0.3 is 10.2 Å². The molecule has 21 heavy (non-hydrogen) atoms. The summed E-state index contributed by atoms with van der Waals surface area (Å²) in [6.45, 7) is 0.213. The SMILES string of the molecule is CN(C)c1nc(Cl)nc(NCc2ccccc2[N+](=O)[O-])n1. The maximum atomic E-state index is 10.9. The normalized spacial score (nSPS) is 10.2. The van der Waals surface area contributed by atoms with Crippen LogP contribution in [0, 0.1) is 10.1 Å². The second-order valence-corrected chi connectivity index (χ2v) is 4.70. The van der Waals surface area contributed by atoms with Crippen LogP contribution in [-0.2, 0) is 6.54 Å². The van der Waals surface area contributed by atoms with Crippen molar-refractivity contribution in [3.63, 3.8) is 0 Å². The Morgan fingerprint density at radius 2 is 2.00 bits per heavy atom. The number of benzene rings is 1. The molecule has 2 rings (SSSR count). The highest BCUT2D eigenvalue weighted by Gasteiger charge is 2.13. The Bertz CT molecular complexity index is 664. The van der Waals surface area contributed by atoms with Gasteiger partial charge in [0.05, 0.1) is 4.92 Å².